The van der Waals surface area contributed by atoms with Gasteiger partial charge in [0.2, 0.25) is 0 Å². The average molecular weight is 192 g/mol. The molecule has 14 heavy (non-hydrogen) atoms. The first-order chi connectivity index (χ1) is 6.79. The molecule has 74 valence electrons. The maximum absolute atomic E-state index is 11.2. The second-order valence-electron chi connectivity index (χ2n) is 3.37. The third kappa shape index (κ3) is 1.77. The number of rotatable bonds is 3. The van der Waals surface area contributed by atoms with Crippen LogP contribution in [0.5, 0.6) is 5.75 Å². The molecule has 0 heterocycles. The van der Waals surface area contributed by atoms with Gasteiger partial charge in [-0.25, -0.2) is 0 Å². The van der Waals surface area contributed by atoms with E-state index in [9.17, 15) is 4.79 Å². The van der Waals surface area contributed by atoms with E-state index in [0.717, 1.165) is 16.9 Å². The maximum atomic E-state index is 11.2. The predicted molar refractivity (Wildman–Crippen MR) is 51.4 cm³/mol. The van der Waals surface area contributed by atoms with Crippen molar-refractivity contribution in [1.29, 1.82) is 0 Å². The molecular formula is C11H12O3. The van der Waals surface area contributed by atoms with Gasteiger partial charge in [-0.05, 0) is 23.3 Å². The first-order valence-corrected chi connectivity index (χ1v) is 4.55. The number of methoxy groups -OCH3 is 1. The highest BCUT2D eigenvalue weighted by Crippen LogP contribution is 2.24. The van der Waals surface area contributed by atoms with Crippen LogP contribution in [0.25, 0.3) is 0 Å². The fraction of sp³-hybridized carbons (Fsp3) is 0.364. The minimum Gasteiger partial charge on any atom is -0.468 e. The third-order valence-electron chi connectivity index (χ3n) is 2.30. The zero-order chi connectivity index (χ0) is 9.97. The van der Waals surface area contributed by atoms with Gasteiger partial charge in [0, 0.05) is 20.0 Å². The van der Waals surface area contributed by atoms with E-state index in [2.05, 4.69) is 0 Å². The number of hydrogen-bond acceptors (Lipinski definition) is 3. The van der Waals surface area contributed by atoms with Crippen molar-refractivity contribution >= 4 is 5.78 Å². The number of ether oxygens (including phenoxy) is 2. The second kappa shape index (κ2) is 3.80. The van der Waals surface area contributed by atoms with Crippen molar-refractivity contribution in [3.8, 4) is 5.75 Å². The summed E-state index contributed by atoms with van der Waals surface area (Å²) < 4.78 is 10.1. The maximum Gasteiger partial charge on any atom is 0.188 e. The molecule has 0 saturated carbocycles. The van der Waals surface area contributed by atoms with E-state index in [4.69, 9.17) is 9.47 Å². The molecule has 2 rings (SSSR count). The van der Waals surface area contributed by atoms with Gasteiger partial charge in [0.15, 0.2) is 6.79 Å². The van der Waals surface area contributed by atoms with Gasteiger partial charge < -0.3 is 9.47 Å². The zero-order valence-electron chi connectivity index (χ0n) is 8.08. The Morgan fingerprint density at radius 1 is 1.29 bits per heavy atom. The van der Waals surface area contributed by atoms with E-state index in [1.807, 2.05) is 18.2 Å². The topological polar surface area (TPSA) is 35.5 Å². The van der Waals surface area contributed by atoms with Gasteiger partial charge in [0.05, 0.1) is 0 Å². The number of Topliss-reactive ketones (excluding diaryl/α,β-unsaturated/α-hetero) is 1. The van der Waals surface area contributed by atoms with Crippen molar-refractivity contribution in [3.63, 3.8) is 0 Å². The number of benzene rings is 1. The monoisotopic (exact) mass is 192 g/mol. The standard InChI is InChI=1S/C11H12O3/c1-13-7-14-11-3-2-8-4-10(12)5-9(8)6-11/h2-3,6H,4-5,7H2,1H3. The van der Waals surface area contributed by atoms with Crippen LogP contribution < -0.4 is 4.74 Å². The second-order valence-corrected chi connectivity index (χ2v) is 3.37. The van der Waals surface area contributed by atoms with Crippen LogP contribution in [0, 0.1) is 0 Å². The molecule has 1 aliphatic rings. The van der Waals surface area contributed by atoms with Crippen LogP contribution in [-0.4, -0.2) is 19.7 Å². The lowest BCUT2D eigenvalue weighted by molar-refractivity contribution is -0.117. The van der Waals surface area contributed by atoms with Gasteiger partial charge in [-0.1, -0.05) is 6.07 Å². The summed E-state index contributed by atoms with van der Waals surface area (Å²) in [6.45, 7) is 0.243. The summed E-state index contributed by atoms with van der Waals surface area (Å²) in [7, 11) is 1.58. The first-order valence-electron chi connectivity index (χ1n) is 4.55. The van der Waals surface area contributed by atoms with E-state index < -0.39 is 0 Å². The smallest absolute Gasteiger partial charge is 0.188 e. The van der Waals surface area contributed by atoms with Gasteiger partial charge in [0.1, 0.15) is 11.5 Å². The molecule has 3 heteroatoms. The quantitative estimate of drug-likeness (QED) is 0.678. The number of carbonyl (C=O) groups is 1. The molecule has 1 aromatic carbocycles. The molecule has 3 nitrogen and oxygen atoms in total. The first kappa shape index (κ1) is 9.21. The summed E-state index contributed by atoms with van der Waals surface area (Å²) in [5, 5.41) is 0. The Balaban J connectivity index is 2.16. The highest BCUT2D eigenvalue weighted by Gasteiger charge is 2.18. The van der Waals surface area contributed by atoms with Crippen molar-refractivity contribution in [2.45, 2.75) is 12.8 Å². The molecule has 1 aromatic rings. The molecule has 0 radical (unpaired) electrons. The summed E-state index contributed by atoms with van der Waals surface area (Å²) in [5.41, 5.74) is 2.21. The fourth-order valence-corrected chi connectivity index (χ4v) is 1.64. The minimum atomic E-state index is 0.243. The molecule has 0 aliphatic heterocycles. The largest absolute Gasteiger partial charge is 0.468 e. The van der Waals surface area contributed by atoms with Crippen LogP contribution in [0.3, 0.4) is 0 Å². The van der Waals surface area contributed by atoms with Crippen molar-refractivity contribution in [1.82, 2.24) is 0 Å². The van der Waals surface area contributed by atoms with Crippen LogP contribution in [0.15, 0.2) is 18.2 Å². The van der Waals surface area contributed by atoms with E-state index in [1.165, 1.54) is 0 Å². The Morgan fingerprint density at radius 2 is 2.07 bits per heavy atom. The molecule has 0 unspecified atom stereocenters. The number of ketones is 1. The van der Waals surface area contributed by atoms with Crippen molar-refractivity contribution in [2.24, 2.45) is 0 Å². The van der Waals surface area contributed by atoms with Crippen LogP contribution >= 0.6 is 0 Å². The highest BCUT2D eigenvalue weighted by atomic mass is 16.7. The molecule has 0 spiro atoms. The van der Waals surface area contributed by atoms with Gasteiger partial charge in [-0.2, -0.15) is 0 Å². The van der Waals surface area contributed by atoms with E-state index in [-0.39, 0.29) is 12.6 Å². The van der Waals surface area contributed by atoms with Crippen LogP contribution in [0.4, 0.5) is 0 Å². The zero-order valence-corrected chi connectivity index (χ0v) is 8.08. The molecule has 0 saturated heterocycles. The van der Waals surface area contributed by atoms with Crippen molar-refractivity contribution in [2.75, 3.05) is 13.9 Å². The lowest BCUT2D eigenvalue weighted by Crippen LogP contribution is -1.99. The fourth-order valence-electron chi connectivity index (χ4n) is 1.64. The molecular weight excluding hydrogens is 180 g/mol. The predicted octanol–water partition coefficient (Wildman–Crippen LogP) is 1.34. The molecule has 0 amide bonds. The van der Waals surface area contributed by atoms with E-state index >= 15 is 0 Å². The molecule has 0 fully saturated rings. The van der Waals surface area contributed by atoms with Crippen LogP contribution in [0.1, 0.15) is 11.1 Å². The van der Waals surface area contributed by atoms with Crippen LogP contribution in [-0.2, 0) is 22.4 Å². The Kier molecular flexibility index (Phi) is 2.50. The summed E-state index contributed by atoms with van der Waals surface area (Å²) >= 11 is 0. The van der Waals surface area contributed by atoms with Gasteiger partial charge in [-0.15, -0.1) is 0 Å². The molecule has 0 aromatic heterocycles. The summed E-state index contributed by atoms with van der Waals surface area (Å²) in [4.78, 5) is 11.2. The average Bonchev–Trinajstić information content (AvgIpc) is 2.54. The van der Waals surface area contributed by atoms with Crippen molar-refractivity contribution in [3.05, 3.63) is 29.3 Å². The molecule has 1 aliphatic carbocycles. The van der Waals surface area contributed by atoms with Gasteiger partial charge in [0.25, 0.3) is 0 Å². The Morgan fingerprint density at radius 3 is 2.86 bits per heavy atom. The number of hydrogen-bond donors (Lipinski definition) is 0. The molecule has 0 N–H and O–H groups in total. The minimum absolute atomic E-state index is 0.243. The lowest BCUT2D eigenvalue weighted by atomic mass is 10.1. The van der Waals surface area contributed by atoms with E-state index in [0.29, 0.717) is 12.8 Å². The van der Waals surface area contributed by atoms with Crippen molar-refractivity contribution < 1.29 is 14.3 Å². The molecule has 0 bridgehead atoms. The number of fused-ring (bicyclic) bond motifs is 1. The van der Waals surface area contributed by atoms with E-state index in [1.54, 1.807) is 7.11 Å². The Bertz CT molecular complexity index is 358. The summed E-state index contributed by atoms with van der Waals surface area (Å²) in [6, 6.07) is 5.74. The highest BCUT2D eigenvalue weighted by molar-refractivity contribution is 5.88. The lowest BCUT2D eigenvalue weighted by Gasteiger charge is -2.05. The van der Waals surface area contributed by atoms with Gasteiger partial charge in [-0.3, -0.25) is 4.79 Å². The Hall–Kier alpha value is -1.35. The SMILES string of the molecule is COCOc1ccc2c(c1)CC(=O)C2. The van der Waals surface area contributed by atoms with Gasteiger partial charge >= 0.3 is 0 Å². The van der Waals surface area contributed by atoms with Crippen LogP contribution in [0.2, 0.25) is 0 Å². The molecule has 0 atom stereocenters. The number of carbonyl (C=O) groups excluding carboxylic acids is 1. The third-order valence-corrected chi connectivity index (χ3v) is 2.30. The summed E-state index contributed by atoms with van der Waals surface area (Å²) in [6.07, 6.45) is 1.11. The summed E-state index contributed by atoms with van der Waals surface area (Å²) in [5.74, 6) is 1.05. The normalized spacial score (nSPS) is 14.2. The Labute approximate surface area is 82.6 Å².